The Kier molecular flexibility index (Phi) is 4.14. The molecule has 0 amide bonds. The van der Waals surface area contributed by atoms with Crippen molar-refractivity contribution in [3.05, 3.63) is 94.3 Å². The van der Waals surface area contributed by atoms with Crippen LogP contribution in [0.3, 0.4) is 0 Å². The highest BCUT2D eigenvalue weighted by Gasteiger charge is 2.18. The van der Waals surface area contributed by atoms with Crippen molar-refractivity contribution >= 4 is 11.6 Å². The quantitative estimate of drug-likeness (QED) is 0.572. The van der Waals surface area contributed by atoms with Gasteiger partial charge in [-0.15, -0.1) is 0 Å². The van der Waals surface area contributed by atoms with Crippen LogP contribution < -0.4 is 5.56 Å². The Morgan fingerprint density at radius 2 is 1.54 bits per heavy atom. The number of hydrogen-bond acceptors (Lipinski definition) is 2. The van der Waals surface area contributed by atoms with Crippen LogP contribution in [0, 0.1) is 5.82 Å². The van der Waals surface area contributed by atoms with Gasteiger partial charge in [0.15, 0.2) is 0 Å². The van der Waals surface area contributed by atoms with Gasteiger partial charge in [-0.1, -0.05) is 11.6 Å². The standard InChI is InChI=1S/C20H13ClFN3O/c21-15-3-7-17(8-4-15)25-20(26)18(13-9-11-23-12-10-13)19(24-25)14-1-5-16(22)6-2-14/h1-12,24H. The van der Waals surface area contributed by atoms with Crippen molar-refractivity contribution < 1.29 is 4.39 Å². The molecule has 0 bridgehead atoms. The summed E-state index contributed by atoms with van der Waals surface area (Å²) in [7, 11) is 0. The van der Waals surface area contributed by atoms with Gasteiger partial charge in [0.2, 0.25) is 0 Å². The molecule has 0 radical (unpaired) electrons. The number of pyridine rings is 1. The second-order valence-electron chi connectivity index (χ2n) is 5.72. The van der Waals surface area contributed by atoms with Crippen molar-refractivity contribution in [2.24, 2.45) is 0 Å². The Hall–Kier alpha value is -3.18. The molecule has 128 valence electrons. The van der Waals surface area contributed by atoms with Crippen LogP contribution in [-0.2, 0) is 0 Å². The Labute approximate surface area is 153 Å². The first kappa shape index (κ1) is 16.3. The number of halogens is 2. The van der Waals surface area contributed by atoms with E-state index >= 15 is 0 Å². The van der Waals surface area contributed by atoms with Crippen LogP contribution in [0.15, 0.2) is 77.9 Å². The zero-order valence-electron chi connectivity index (χ0n) is 13.5. The van der Waals surface area contributed by atoms with Crippen molar-refractivity contribution in [1.29, 1.82) is 0 Å². The van der Waals surface area contributed by atoms with Crippen molar-refractivity contribution in [3.63, 3.8) is 0 Å². The number of rotatable bonds is 3. The van der Waals surface area contributed by atoms with E-state index in [1.807, 2.05) is 0 Å². The smallest absolute Gasteiger partial charge is 0.279 e. The van der Waals surface area contributed by atoms with Gasteiger partial charge >= 0.3 is 0 Å². The van der Waals surface area contributed by atoms with Crippen molar-refractivity contribution in [3.8, 4) is 28.1 Å². The molecule has 0 spiro atoms. The number of hydrogen-bond donors (Lipinski definition) is 1. The van der Waals surface area contributed by atoms with Gasteiger partial charge in [0.1, 0.15) is 5.82 Å². The highest BCUT2D eigenvalue weighted by atomic mass is 35.5. The highest BCUT2D eigenvalue weighted by Crippen LogP contribution is 2.28. The Morgan fingerprint density at radius 3 is 2.19 bits per heavy atom. The van der Waals surface area contributed by atoms with E-state index in [1.54, 1.807) is 60.9 Å². The first-order valence-corrected chi connectivity index (χ1v) is 8.28. The summed E-state index contributed by atoms with van der Waals surface area (Å²) in [6.07, 6.45) is 3.26. The summed E-state index contributed by atoms with van der Waals surface area (Å²) in [6.45, 7) is 0. The molecule has 2 aromatic heterocycles. The van der Waals surface area contributed by atoms with Crippen LogP contribution in [0.5, 0.6) is 0 Å². The number of benzene rings is 2. The average molecular weight is 366 g/mol. The molecule has 0 saturated heterocycles. The minimum Gasteiger partial charge on any atom is -0.290 e. The second-order valence-corrected chi connectivity index (χ2v) is 6.16. The number of nitrogens with one attached hydrogen (secondary N) is 1. The van der Waals surface area contributed by atoms with Gasteiger partial charge in [0.05, 0.1) is 16.9 Å². The van der Waals surface area contributed by atoms with Gasteiger partial charge in [-0.3, -0.25) is 14.9 Å². The maximum absolute atomic E-state index is 13.3. The lowest BCUT2D eigenvalue weighted by atomic mass is 10.0. The minimum absolute atomic E-state index is 0.210. The van der Waals surface area contributed by atoms with E-state index in [-0.39, 0.29) is 11.4 Å². The maximum atomic E-state index is 13.3. The largest absolute Gasteiger partial charge is 0.290 e. The second kappa shape index (κ2) is 6.61. The Balaban J connectivity index is 1.97. The molecular formula is C20H13ClFN3O. The molecule has 0 saturated carbocycles. The van der Waals surface area contributed by atoms with E-state index in [9.17, 15) is 9.18 Å². The van der Waals surface area contributed by atoms with Gasteiger partial charge < -0.3 is 0 Å². The maximum Gasteiger partial charge on any atom is 0.279 e. The zero-order chi connectivity index (χ0) is 18.1. The van der Waals surface area contributed by atoms with Crippen molar-refractivity contribution in [2.45, 2.75) is 0 Å². The predicted molar refractivity (Wildman–Crippen MR) is 100 cm³/mol. The highest BCUT2D eigenvalue weighted by molar-refractivity contribution is 6.30. The molecule has 0 fully saturated rings. The van der Waals surface area contributed by atoms with Gasteiger partial charge in [-0.05, 0) is 66.2 Å². The van der Waals surface area contributed by atoms with E-state index in [1.165, 1.54) is 16.8 Å². The number of aromatic nitrogens is 3. The molecule has 0 aliphatic rings. The number of H-pyrrole nitrogens is 1. The fourth-order valence-electron chi connectivity index (χ4n) is 2.82. The number of nitrogens with zero attached hydrogens (tertiary/aromatic N) is 2. The molecule has 4 nitrogen and oxygen atoms in total. The molecule has 1 N–H and O–H groups in total. The Morgan fingerprint density at radius 1 is 0.885 bits per heavy atom. The van der Waals surface area contributed by atoms with E-state index in [0.717, 1.165) is 5.56 Å². The first-order chi connectivity index (χ1) is 12.6. The van der Waals surface area contributed by atoms with Crippen molar-refractivity contribution in [2.75, 3.05) is 0 Å². The third-order valence-electron chi connectivity index (χ3n) is 4.08. The number of aromatic amines is 1. The van der Waals surface area contributed by atoms with Gasteiger partial charge in [0.25, 0.3) is 5.56 Å². The van der Waals surface area contributed by atoms with Crippen LogP contribution in [0.1, 0.15) is 0 Å². The van der Waals surface area contributed by atoms with Crippen LogP contribution in [0.2, 0.25) is 5.02 Å². The molecule has 0 unspecified atom stereocenters. The third kappa shape index (κ3) is 2.93. The van der Waals surface area contributed by atoms with Crippen LogP contribution >= 0.6 is 11.6 Å². The summed E-state index contributed by atoms with van der Waals surface area (Å²) >= 11 is 5.94. The van der Waals surface area contributed by atoms with E-state index in [0.29, 0.717) is 27.5 Å². The molecule has 6 heteroatoms. The fourth-order valence-corrected chi connectivity index (χ4v) is 2.95. The van der Waals surface area contributed by atoms with E-state index in [4.69, 9.17) is 11.6 Å². The lowest BCUT2D eigenvalue weighted by Crippen LogP contribution is -2.15. The summed E-state index contributed by atoms with van der Waals surface area (Å²) in [5.74, 6) is -0.335. The first-order valence-electron chi connectivity index (χ1n) is 7.91. The summed E-state index contributed by atoms with van der Waals surface area (Å²) in [6, 6.07) is 16.5. The van der Waals surface area contributed by atoms with Gasteiger partial charge in [-0.2, -0.15) is 0 Å². The monoisotopic (exact) mass is 365 g/mol. The molecule has 4 aromatic rings. The van der Waals surface area contributed by atoms with Crippen molar-refractivity contribution in [1.82, 2.24) is 14.8 Å². The van der Waals surface area contributed by atoms with Gasteiger partial charge in [0, 0.05) is 23.0 Å². The minimum atomic E-state index is -0.335. The lowest BCUT2D eigenvalue weighted by Gasteiger charge is -2.03. The summed E-state index contributed by atoms with van der Waals surface area (Å²) in [5, 5.41) is 3.72. The molecule has 0 aliphatic carbocycles. The third-order valence-corrected chi connectivity index (χ3v) is 4.33. The topological polar surface area (TPSA) is 50.7 Å². The van der Waals surface area contributed by atoms with Crippen LogP contribution in [0.25, 0.3) is 28.1 Å². The summed E-state index contributed by atoms with van der Waals surface area (Å²) < 4.78 is 14.8. The molecule has 4 rings (SSSR count). The van der Waals surface area contributed by atoms with E-state index in [2.05, 4.69) is 10.1 Å². The zero-order valence-corrected chi connectivity index (χ0v) is 14.2. The van der Waals surface area contributed by atoms with Crippen LogP contribution in [-0.4, -0.2) is 14.8 Å². The molecule has 0 atom stereocenters. The molecule has 26 heavy (non-hydrogen) atoms. The SMILES string of the molecule is O=c1c(-c2ccncc2)c(-c2ccc(F)cc2)[nH]n1-c1ccc(Cl)cc1. The molecule has 2 aromatic carbocycles. The Bertz CT molecular complexity index is 1100. The predicted octanol–water partition coefficient (Wildman–Crippen LogP) is 4.69. The average Bonchev–Trinajstić information content (AvgIpc) is 3.01. The van der Waals surface area contributed by atoms with Crippen LogP contribution in [0.4, 0.5) is 4.39 Å². The van der Waals surface area contributed by atoms with E-state index < -0.39 is 0 Å². The fraction of sp³-hybridized carbons (Fsp3) is 0. The summed E-state index contributed by atoms with van der Waals surface area (Å²) in [5.41, 5.74) is 2.99. The lowest BCUT2D eigenvalue weighted by molar-refractivity contribution is 0.628. The summed E-state index contributed by atoms with van der Waals surface area (Å²) in [4.78, 5) is 17.1. The normalized spacial score (nSPS) is 10.8. The molecule has 2 heterocycles. The molecule has 0 aliphatic heterocycles. The molecular weight excluding hydrogens is 353 g/mol. The van der Waals surface area contributed by atoms with Gasteiger partial charge in [-0.25, -0.2) is 9.07 Å².